The quantitative estimate of drug-likeness (QED) is 0.796. The molecule has 2 rings (SSSR count). The van der Waals surface area contributed by atoms with Crippen molar-refractivity contribution in [1.82, 2.24) is 0 Å². The standard InChI is InChI=1S/C17H17BrClNO2/c1-10-4-7-16(11(2)8-10)22-12(3)17(21)20-13-5-6-14(18)15(19)9-13/h4-9,12H,1-3H3,(H,20,21)/t12-/m0/s1. The van der Waals surface area contributed by atoms with Gasteiger partial charge in [0.15, 0.2) is 6.10 Å². The van der Waals surface area contributed by atoms with Crippen LogP contribution in [0.3, 0.4) is 0 Å². The van der Waals surface area contributed by atoms with Gasteiger partial charge in [0, 0.05) is 10.2 Å². The number of nitrogens with one attached hydrogen (secondary N) is 1. The van der Waals surface area contributed by atoms with E-state index < -0.39 is 6.10 Å². The van der Waals surface area contributed by atoms with Crippen LogP contribution in [0.25, 0.3) is 0 Å². The minimum Gasteiger partial charge on any atom is -0.481 e. The Labute approximate surface area is 143 Å². The zero-order chi connectivity index (χ0) is 16.3. The smallest absolute Gasteiger partial charge is 0.265 e. The van der Waals surface area contributed by atoms with Crippen molar-refractivity contribution in [3.8, 4) is 5.75 Å². The number of aryl methyl sites for hydroxylation is 2. The van der Waals surface area contributed by atoms with Gasteiger partial charge in [-0.3, -0.25) is 4.79 Å². The maximum absolute atomic E-state index is 12.2. The third-order valence-corrected chi connectivity index (χ3v) is 4.42. The van der Waals surface area contributed by atoms with E-state index in [1.54, 1.807) is 25.1 Å². The van der Waals surface area contributed by atoms with Gasteiger partial charge in [0.25, 0.3) is 5.91 Å². The first-order valence-electron chi connectivity index (χ1n) is 6.86. The van der Waals surface area contributed by atoms with E-state index in [2.05, 4.69) is 21.2 Å². The lowest BCUT2D eigenvalue weighted by Gasteiger charge is -2.16. The summed E-state index contributed by atoms with van der Waals surface area (Å²) in [5, 5.41) is 3.33. The van der Waals surface area contributed by atoms with Crippen molar-refractivity contribution in [2.75, 3.05) is 5.32 Å². The van der Waals surface area contributed by atoms with Gasteiger partial charge < -0.3 is 10.1 Å². The molecule has 1 N–H and O–H groups in total. The number of rotatable bonds is 4. The molecule has 0 heterocycles. The molecule has 22 heavy (non-hydrogen) atoms. The Morgan fingerprint density at radius 3 is 2.59 bits per heavy atom. The van der Waals surface area contributed by atoms with Gasteiger partial charge >= 0.3 is 0 Å². The Balaban J connectivity index is 2.04. The first-order chi connectivity index (χ1) is 10.4. The third-order valence-electron chi connectivity index (χ3n) is 3.19. The van der Waals surface area contributed by atoms with Crippen molar-refractivity contribution < 1.29 is 9.53 Å². The molecule has 3 nitrogen and oxygen atoms in total. The fourth-order valence-electron chi connectivity index (χ4n) is 1.99. The van der Waals surface area contributed by atoms with E-state index >= 15 is 0 Å². The molecule has 5 heteroatoms. The van der Waals surface area contributed by atoms with Crippen LogP contribution in [0.5, 0.6) is 5.75 Å². The molecule has 0 aromatic heterocycles. The number of halogens is 2. The molecule has 1 atom stereocenters. The summed E-state index contributed by atoms with van der Waals surface area (Å²) in [5.41, 5.74) is 2.80. The summed E-state index contributed by atoms with van der Waals surface area (Å²) in [6.45, 7) is 5.70. The molecule has 2 aromatic rings. The lowest BCUT2D eigenvalue weighted by atomic mass is 10.1. The first-order valence-corrected chi connectivity index (χ1v) is 8.03. The van der Waals surface area contributed by atoms with Gasteiger partial charge in [-0.15, -0.1) is 0 Å². The number of amides is 1. The number of carbonyl (C=O) groups is 1. The zero-order valence-electron chi connectivity index (χ0n) is 12.6. The summed E-state index contributed by atoms with van der Waals surface area (Å²) >= 11 is 9.33. The number of benzene rings is 2. The van der Waals surface area contributed by atoms with Crippen LogP contribution in [-0.4, -0.2) is 12.0 Å². The molecule has 0 aliphatic carbocycles. The molecule has 0 unspecified atom stereocenters. The Morgan fingerprint density at radius 2 is 1.95 bits per heavy atom. The van der Waals surface area contributed by atoms with E-state index in [1.165, 1.54) is 0 Å². The maximum atomic E-state index is 12.2. The number of ether oxygens (including phenoxy) is 1. The van der Waals surface area contributed by atoms with Crippen LogP contribution in [0.2, 0.25) is 5.02 Å². The Kier molecular flexibility index (Phi) is 5.48. The predicted molar refractivity (Wildman–Crippen MR) is 93.8 cm³/mol. The molecule has 0 saturated heterocycles. The van der Waals surface area contributed by atoms with Crippen LogP contribution in [0.4, 0.5) is 5.69 Å². The summed E-state index contributed by atoms with van der Waals surface area (Å²) in [7, 11) is 0. The van der Waals surface area contributed by atoms with Gasteiger partial charge in [-0.05, 0) is 66.5 Å². The van der Waals surface area contributed by atoms with E-state index in [0.717, 1.165) is 15.6 Å². The Bertz CT molecular complexity index is 703. The highest BCUT2D eigenvalue weighted by Crippen LogP contribution is 2.26. The summed E-state index contributed by atoms with van der Waals surface area (Å²) in [4.78, 5) is 12.2. The van der Waals surface area contributed by atoms with Crippen molar-refractivity contribution >= 4 is 39.1 Å². The molecule has 116 valence electrons. The minimum atomic E-state index is -0.608. The lowest BCUT2D eigenvalue weighted by Crippen LogP contribution is -2.30. The van der Waals surface area contributed by atoms with E-state index in [4.69, 9.17) is 16.3 Å². The second kappa shape index (κ2) is 7.16. The average molecular weight is 383 g/mol. The molecule has 0 bridgehead atoms. The highest BCUT2D eigenvalue weighted by atomic mass is 79.9. The molecule has 0 aliphatic heterocycles. The van der Waals surface area contributed by atoms with Crippen molar-refractivity contribution in [1.29, 1.82) is 0 Å². The molecule has 1 amide bonds. The number of hydrogen-bond acceptors (Lipinski definition) is 2. The second-order valence-electron chi connectivity index (χ2n) is 5.15. The summed E-state index contributed by atoms with van der Waals surface area (Å²) < 4.78 is 6.52. The summed E-state index contributed by atoms with van der Waals surface area (Å²) in [6, 6.07) is 11.1. The van der Waals surface area contributed by atoms with Crippen LogP contribution in [0.15, 0.2) is 40.9 Å². The van der Waals surface area contributed by atoms with Crippen LogP contribution in [0, 0.1) is 13.8 Å². The van der Waals surface area contributed by atoms with Gasteiger partial charge in [0.2, 0.25) is 0 Å². The van der Waals surface area contributed by atoms with Crippen LogP contribution < -0.4 is 10.1 Å². The van der Waals surface area contributed by atoms with Crippen LogP contribution in [-0.2, 0) is 4.79 Å². The van der Waals surface area contributed by atoms with Crippen LogP contribution in [0.1, 0.15) is 18.1 Å². The van der Waals surface area contributed by atoms with Crippen LogP contribution >= 0.6 is 27.5 Å². The fraction of sp³-hybridized carbons (Fsp3) is 0.235. The number of anilines is 1. The van der Waals surface area contributed by atoms with Crippen molar-refractivity contribution in [2.45, 2.75) is 26.9 Å². The summed E-state index contributed by atoms with van der Waals surface area (Å²) in [6.07, 6.45) is -0.608. The van der Waals surface area contributed by atoms with E-state index in [-0.39, 0.29) is 5.91 Å². The highest BCUT2D eigenvalue weighted by molar-refractivity contribution is 9.10. The van der Waals surface area contributed by atoms with Crippen molar-refractivity contribution in [3.05, 3.63) is 57.0 Å². The van der Waals surface area contributed by atoms with Crippen molar-refractivity contribution in [2.24, 2.45) is 0 Å². The normalized spacial score (nSPS) is 11.9. The van der Waals surface area contributed by atoms with Gasteiger partial charge in [-0.2, -0.15) is 0 Å². The molecule has 0 saturated carbocycles. The van der Waals surface area contributed by atoms with E-state index in [1.807, 2.05) is 32.0 Å². The molecular weight excluding hydrogens is 366 g/mol. The maximum Gasteiger partial charge on any atom is 0.265 e. The predicted octanol–water partition coefficient (Wildman–Crippen LogP) is 5.13. The molecule has 0 aliphatic rings. The van der Waals surface area contributed by atoms with Gasteiger partial charge in [-0.25, -0.2) is 0 Å². The minimum absolute atomic E-state index is 0.224. The first kappa shape index (κ1) is 16.8. The fourth-order valence-corrected chi connectivity index (χ4v) is 2.42. The van der Waals surface area contributed by atoms with Gasteiger partial charge in [0.1, 0.15) is 5.75 Å². The Hall–Kier alpha value is -1.52. The molecule has 0 spiro atoms. The molecule has 2 aromatic carbocycles. The largest absolute Gasteiger partial charge is 0.481 e. The van der Waals surface area contributed by atoms with E-state index in [0.29, 0.717) is 16.5 Å². The van der Waals surface area contributed by atoms with Gasteiger partial charge in [0.05, 0.1) is 5.02 Å². The topological polar surface area (TPSA) is 38.3 Å². The SMILES string of the molecule is Cc1ccc(O[C@@H](C)C(=O)Nc2ccc(Br)c(Cl)c2)c(C)c1. The lowest BCUT2D eigenvalue weighted by molar-refractivity contribution is -0.122. The number of hydrogen-bond donors (Lipinski definition) is 1. The Morgan fingerprint density at radius 1 is 1.23 bits per heavy atom. The van der Waals surface area contributed by atoms with Crippen molar-refractivity contribution in [3.63, 3.8) is 0 Å². The highest BCUT2D eigenvalue weighted by Gasteiger charge is 2.16. The monoisotopic (exact) mass is 381 g/mol. The third kappa shape index (κ3) is 4.24. The van der Waals surface area contributed by atoms with Gasteiger partial charge in [-0.1, -0.05) is 29.3 Å². The summed E-state index contributed by atoms with van der Waals surface area (Å²) in [5.74, 6) is 0.487. The zero-order valence-corrected chi connectivity index (χ0v) is 15.0. The van der Waals surface area contributed by atoms with E-state index in [9.17, 15) is 4.79 Å². The molecule has 0 radical (unpaired) electrons. The molecular formula is C17H17BrClNO2. The second-order valence-corrected chi connectivity index (χ2v) is 6.41. The average Bonchev–Trinajstić information content (AvgIpc) is 2.45. The molecule has 0 fully saturated rings. The number of carbonyl (C=O) groups excluding carboxylic acids is 1.